The number of nitrogens with zero attached hydrogens (tertiary/aromatic N) is 2. The molecule has 3 rings (SSSR count). The number of hydrogen-bond acceptors (Lipinski definition) is 4. The van der Waals surface area contributed by atoms with Crippen LogP contribution in [-0.2, 0) is 6.42 Å². The maximum absolute atomic E-state index is 12.4. The lowest BCUT2D eigenvalue weighted by Gasteiger charge is -2.06. The minimum absolute atomic E-state index is 0. The molecule has 6 heteroatoms. The Morgan fingerprint density at radius 1 is 1.36 bits per heavy atom. The van der Waals surface area contributed by atoms with E-state index in [2.05, 4.69) is 17.2 Å². The number of carbonyl (C=O) groups excluding carboxylic acids is 1. The summed E-state index contributed by atoms with van der Waals surface area (Å²) in [6.45, 7) is 3.89. The topological polar surface area (TPSA) is 63.5 Å². The molecule has 0 unspecified atom stereocenters. The number of thiazole rings is 1. The van der Waals surface area contributed by atoms with Crippen molar-refractivity contribution >= 4 is 27.9 Å². The van der Waals surface area contributed by atoms with Gasteiger partial charge in [0.15, 0.2) is 4.96 Å². The quantitative estimate of drug-likeness (QED) is 0.807. The maximum atomic E-state index is 12.4. The number of rotatable bonds is 3. The van der Waals surface area contributed by atoms with E-state index < -0.39 is 5.91 Å². The molecular weight excluding hydrogens is 298 g/mol. The zero-order valence-electron chi connectivity index (χ0n) is 12.3. The molecule has 0 saturated heterocycles. The van der Waals surface area contributed by atoms with Crippen LogP contribution in [0.3, 0.4) is 0 Å². The van der Waals surface area contributed by atoms with Gasteiger partial charge in [0.2, 0.25) is 0 Å². The van der Waals surface area contributed by atoms with Gasteiger partial charge in [0.05, 0.1) is 0 Å². The molecule has 0 aliphatic carbocycles. The van der Waals surface area contributed by atoms with Crippen LogP contribution in [0.2, 0.25) is 0 Å². The Balaban J connectivity index is 0.00000192. The Labute approximate surface area is 132 Å². The number of aromatic nitrogens is 2. The van der Waals surface area contributed by atoms with Crippen LogP contribution in [0.25, 0.3) is 4.96 Å². The second-order valence-corrected chi connectivity index (χ2v) is 5.81. The van der Waals surface area contributed by atoms with Crippen LogP contribution < -0.4 is 10.9 Å². The Morgan fingerprint density at radius 3 is 2.77 bits per heavy atom. The monoisotopic (exact) mass is 315 g/mol. The molecular formula is C16H17N3O2S. The molecule has 0 radical (unpaired) electrons. The molecule has 5 nitrogen and oxygen atoms in total. The highest BCUT2D eigenvalue weighted by molar-refractivity contribution is 7.15. The second kappa shape index (κ2) is 5.73. The molecule has 0 spiro atoms. The van der Waals surface area contributed by atoms with Crippen LogP contribution in [0.1, 0.15) is 30.0 Å². The van der Waals surface area contributed by atoms with Gasteiger partial charge in [0, 0.05) is 24.4 Å². The van der Waals surface area contributed by atoms with Crippen molar-refractivity contribution in [3.8, 4) is 0 Å². The third-order valence-electron chi connectivity index (χ3n) is 3.48. The summed E-state index contributed by atoms with van der Waals surface area (Å²) in [4.78, 5) is 29.5. The molecule has 0 aliphatic heterocycles. The first-order valence-electron chi connectivity index (χ1n) is 6.96. The van der Waals surface area contributed by atoms with Gasteiger partial charge in [-0.05, 0) is 31.0 Å². The SMILES string of the molecule is CCc1ccc(NC(=O)c2cnc3scc(C)n3c2=O)cc1.[HH]. The molecule has 2 heterocycles. The Morgan fingerprint density at radius 2 is 2.09 bits per heavy atom. The van der Waals surface area contributed by atoms with Crippen molar-refractivity contribution in [2.45, 2.75) is 20.3 Å². The van der Waals surface area contributed by atoms with Gasteiger partial charge in [-0.15, -0.1) is 11.3 Å². The van der Waals surface area contributed by atoms with Gasteiger partial charge < -0.3 is 5.32 Å². The van der Waals surface area contributed by atoms with Gasteiger partial charge in [-0.2, -0.15) is 0 Å². The van der Waals surface area contributed by atoms with E-state index in [0.717, 1.165) is 12.1 Å². The van der Waals surface area contributed by atoms with Crippen LogP contribution in [0, 0.1) is 6.92 Å². The molecule has 2 aromatic heterocycles. The highest BCUT2D eigenvalue weighted by atomic mass is 32.1. The van der Waals surface area contributed by atoms with E-state index >= 15 is 0 Å². The van der Waals surface area contributed by atoms with Gasteiger partial charge in [-0.3, -0.25) is 14.0 Å². The van der Waals surface area contributed by atoms with Gasteiger partial charge in [0.1, 0.15) is 5.56 Å². The van der Waals surface area contributed by atoms with Crippen molar-refractivity contribution in [3.05, 3.63) is 63.0 Å². The van der Waals surface area contributed by atoms with E-state index in [4.69, 9.17) is 0 Å². The molecule has 0 aliphatic rings. The molecule has 0 atom stereocenters. The van der Waals surface area contributed by atoms with E-state index in [1.807, 2.05) is 36.6 Å². The predicted molar refractivity (Wildman–Crippen MR) is 90.0 cm³/mol. The molecule has 3 aromatic rings. The zero-order valence-corrected chi connectivity index (χ0v) is 13.1. The third-order valence-corrected chi connectivity index (χ3v) is 4.44. The standard InChI is InChI=1S/C16H15N3O2S.H2/c1-3-11-4-6-12(7-5-11)18-14(20)13-8-17-16-19(15(13)21)10(2)9-22-16;/h4-9H,3H2,1-2H3,(H,18,20);1H. The lowest BCUT2D eigenvalue weighted by molar-refractivity contribution is 0.102. The molecule has 0 fully saturated rings. The van der Waals surface area contributed by atoms with E-state index in [9.17, 15) is 9.59 Å². The Bertz CT molecular complexity index is 900. The molecule has 0 saturated carbocycles. The highest BCUT2D eigenvalue weighted by Crippen LogP contribution is 2.13. The predicted octanol–water partition coefficient (Wildman–Crippen LogP) is 3.13. The molecule has 1 aromatic carbocycles. The van der Waals surface area contributed by atoms with Gasteiger partial charge in [-0.25, -0.2) is 4.98 Å². The number of fused-ring (bicyclic) bond motifs is 1. The van der Waals surface area contributed by atoms with E-state index in [-0.39, 0.29) is 12.5 Å². The smallest absolute Gasteiger partial charge is 0.271 e. The summed E-state index contributed by atoms with van der Waals surface area (Å²) in [7, 11) is 0. The van der Waals surface area contributed by atoms with E-state index in [1.54, 1.807) is 0 Å². The molecule has 114 valence electrons. The first-order chi connectivity index (χ1) is 10.6. The molecule has 1 amide bonds. The van der Waals surface area contributed by atoms with Crippen molar-refractivity contribution in [2.75, 3.05) is 5.32 Å². The van der Waals surface area contributed by atoms with Crippen molar-refractivity contribution in [3.63, 3.8) is 0 Å². The van der Waals surface area contributed by atoms with Gasteiger partial charge in [-0.1, -0.05) is 19.1 Å². The molecule has 0 bridgehead atoms. The molecule has 1 N–H and O–H groups in total. The van der Waals surface area contributed by atoms with Gasteiger partial charge in [0.25, 0.3) is 11.5 Å². The lowest BCUT2D eigenvalue weighted by atomic mass is 10.1. The van der Waals surface area contributed by atoms with Crippen molar-refractivity contribution in [2.24, 2.45) is 0 Å². The number of anilines is 1. The van der Waals surface area contributed by atoms with Gasteiger partial charge >= 0.3 is 0 Å². The first-order valence-corrected chi connectivity index (χ1v) is 7.84. The largest absolute Gasteiger partial charge is 0.322 e. The summed E-state index contributed by atoms with van der Waals surface area (Å²) in [5.41, 5.74) is 2.33. The second-order valence-electron chi connectivity index (χ2n) is 4.98. The van der Waals surface area contributed by atoms with Crippen molar-refractivity contribution in [1.82, 2.24) is 9.38 Å². The fraction of sp³-hybridized carbons (Fsp3) is 0.188. The fourth-order valence-corrected chi connectivity index (χ4v) is 3.03. The van der Waals surface area contributed by atoms with Crippen molar-refractivity contribution in [1.29, 1.82) is 0 Å². The number of benzene rings is 1. The normalized spacial score (nSPS) is 10.8. The summed E-state index contributed by atoms with van der Waals surface area (Å²) in [6, 6.07) is 7.56. The van der Waals surface area contributed by atoms with Crippen LogP contribution in [-0.4, -0.2) is 15.3 Å². The Hall–Kier alpha value is -2.47. The minimum Gasteiger partial charge on any atom is -0.322 e. The third kappa shape index (κ3) is 2.53. The molecule has 22 heavy (non-hydrogen) atoms. The van der Waals surface area contributed by atoms with E-state index in [1.165, 1.54) is 27.5 Å². The first kappa shape index (κ1) is 14.5. The number of carbonyl (C=O) groups is 1. The number of nitrogens with one attached hydrogen (secondary N) is 1. The lowest BCUT2D eigenvalue weighted by Crippen LogP contribution is -2.26. The zero-order chi connectivity index (χ0) is 15.7. The van der Waals surface area contributed by atoms with Crippen LogP contribution in [0.5, 0.6) is 0 Å². The van der Waals surface area contributed by atoms with Crippen LogP contribution in [0.15, 0.2) is 40.6 Å². The average molecular weight is 315 g/mol. The summed E-state index contributed by atoms with van der Waals surface area (Å²) >= 11 is 1.38. The van der Waals surface area contributed by atoms with Crippen molar-refractivity contribution < 1.29 is 6.22 Å². The summed E-state index contributed by atoms with van der Waals surface area (Å²) in [6.07, 6.45) is 2.27. The summed E-state index contributed by atoms with van der Waals surface area (Å²) in [5.74, 6) is -0.443. The summed E-state index contributed by atoms with van der Waals surface area (Å²) in [5, 5.41) is 4.58. The van der Waals surface area contributed by atoms with Crippen LogP contribution in [0.4, 0.5) is 5.69 Å². The summed E-state index contributed by atoms with van der Waals surface area (Å²) < 4.78 is 1.46. The minimum atomic E-state index is -0.443. The maximum Gasteiger partial charge on any atom is 0.271 e. The van der Waals surface area contributed by atoms with Crippen LogP contribution >= 0.6 is 11.3 Å². The number of hydrogen-bond donors (Lipinski definition) is 1. The number of aryl methyl sites for hydroxylation is 2. The van der Waals surface area contributed by atoms with E-state index in [0.29, 0.717) is 10.6 Å². The Kier molecular flexibility index (Phi) is 3.77. The highest BCUT2D eigenvalue weighted by Gasteiger charge is 2.15. The average Bonchev–Trinajstić information content (AvgIpc) is 2.90. The fourth-order valence-electron chi connectivity index (χ4n) is 2.20. The number of amides is 1.